The number of hydrogen-bond donors (Lipinski definition) is 0. The number of nitrogens with zero attached hydrogens (tertiary/aromatic N) is 1. The SMILES string of the molecule is CCCCN(CCCC)c1ccc2c(c1)=C=C=C=C=c1ccccc1=C=C=C=C=c1ccccc1=C=C=C=C=2. The lowest BCUT2D eigenvalue weighted by atomic mass is 10.2. The molecule has 0 unspecified atom stereocenters. The van der Waals surface area contributed by atoms with E-state index in [0.717, 1.165) is 70.1 Å². The highest BCUT2D eigenvalue weighted by molar-refractivity contribution is 5.49. The zero-order chi connectivity index (χ0) is 27.1. The maximum Gasteiger partial charge on any atom is 0.0433 e. The Labute approximate surface area is 229 Å². The smallest absolute Gasteiger partial charge is 0.0433 e. The van der Waals surface area contributed by atoms with Crippen LogP contribution < -0.4 is 36.2 Å². The van der Waals surface area contributed by atoms with Crippen LogP contribution in [0.3, 0.4) is 0 Å². The molecular formula is C38H29N. The summed E-state index contributed by atoms with van der Waals surface area (Å²) < 4.78 is 0. The minimum Gasteiger partial charge on any atom is -0.372 e. The molecule has 1 heteroatoms. The first-order valence-electron chi connectivity index (χ1n) is 13.4. The van der Waals surface area contributed by atoms with Gasteiger partial charge in [-0.15, -0.1) is 0 Å². The molecule has 0 saturated carbocycles. The van der Waals surface area contributed by atoms with Crippen LogP contribution in [0.25, 0.3) is 34.4 Å². The zero-order valence-electron chi connectivity index (χ0n) is 22.5. The van der Waals surface area contributed by atoms with Crippen LogP contribution in [-0.4, -0.2) is 13.1 Å². The van der Waals surface area contributed by atoms with Crippen molar-refractivity contribution in [3.8, 4) is 0 Å². The van der Waals surface area contributed by atoms with Crippen molar-refractivity contribution < 1.29 is 0 Å². The van der Waals surface area contributed by atoms with Crippen LogP contribution in [0.5, 0.6) is 0 Å². The van der Waals surface area contributed by atoms with E-state index in [-0.39, 0.29) is 0 Å². The van der Waals surface area contributed by atoms with E-state index >= 15 is 0 Å². The van der Waals surface area contributed by atoms with Crippen LogP contribution in [-0.2, 0) is 0 Å². The van der Waals surface area contributed by atoms with E-state index in [1.807, 2.05) is 48.5 Å². The Hall–Kier alpha value is -5.18. The minimum absolute atomic E-state index is 0.824. The summed E-state index contributed by atoms with van der Waals surface area (Å²) in [6.45, 7) is 6.51. The van der Waals surface area contributed by atoms with E-state index in [2.05, 4.69) is 106 Å². The van der Waals surface area contributed by atoms with Gasteiger partial charge in [0.25, 0.3) is 0 Å². The van der Waals surface area contributed by atoms with E-state index in [1.54, 1.807) is 0 Å². The van der Waals surface area contributed by atoms with Crippen molar-refractivity contribution in [2.45, 2.75) is 39.5 Å². The first-order chi connectivity index (χ1) is 19.3. The van der Waals surface area contributed by atoms with Gasteiger partial charge in [-0.3, -0.25) is 0 Å². The monoisotopic (exact) mass is 499 g/mol. The molecule has 0 N–H and O–H groups in total. The average molecular weight is 500 g/mol. The number of unbranched alkanes of at least 4 members (excludes halogenated alkanes) is 2. The molecule has 0 radical (unpaired) electrons. The lowest BCUT2D eigenvalue weighted by Crippen LogP contribution is -2.29. The first-order valence-corrected chi connectivity index (χ1v) is 13.4. The van der Waals surface area contributed by atoms with Crippen LogP contribution in [0, 0.1) is 0 Å². The van der Waals surface area contributed by atoms with Gasteiger partial charge in [-0.25, -0.2) is 0 Å². The second kappa shape index (κ2) is 14.5. The molecule has 0 fully saturated rings. The van der Waals surface area contributed by atoms with Crippen molar-refractivity contribution in [1.82, 2.24) is 0 Å². The predicted octanol–water partition coefficient (Wildman–Crippen LogP) is 3.38. The quantitative estimate of drug-likeness (QED) is 0.353. The number of fused-ring (bicyclic) bond motifs is 3. The molecule has 0 spiro atoms. The topological polar surface area (TPSA) is 3.24 Å². The molecule has 4 rings (SSSR count). The molecule has 0 amide bonds. The second-order valence-corrected chi connectivity index (χ2v) is 9.02. The molecule has 0 aromatic heterocycles. The summed E-state index contributed by atoms with van der Waals surface area (Å²) in [5.74, 6) is 0. The van der Waals surface area contributed by atoms with Gasteiger partial charge in [-0.05, 0) is 89.7 Å². The third-order valence-electron chi connectivity index (χ3n) is 6.16. The number of anilines is 1. The van der Waals surface area contributed by atoms with Gasteiger partial charge >= 0.3 is 0 Å². The second-order valence-electron chi connectivity index (χ2n) is 9.02. The van der Waals surface area contributed by atoms with E-state index < -0.39 is 0 Å². The lowest BCUT2D eigenvalue weighted by molar-refractivity contribution is 0.678. The molecule has 39 heavy (non-hydrogen) atoms. The minimum atomic E-state index is 0.824. The van der Waals surface area contributed by atoms with Crippen molar-refractivity contribution in [3.63, 3.8) is 0 Å². The maximum absolute atomic E-state index is 3.26. The van der Waals surface area contributed by atoms with Crippen LogP contribution in [0.4, 0.5) is 5.69 Å². The number of rotatable bonds is 7. The normalized spacial score (nSPS) is 10.4. The first kappa shape index (κ1) is 26.9. The lowest BCUT2D eigenvalue weighted by Gasteiger charge is -2.24. The Morgan fingerprint density at radius 3 is 1.21 bits per heavy atom. The van der Waals surface area contributed by atoms with Crippen molar-refractivity contribution in [1.29, 1.82) is 0 Å². The molecule has 3 aromatic rings. The van der Waals surface area contributed by atoms with Crippen molar-refractivity contribution in [3.05, 3.63) is 132 Å². The predicted molar refractivity (Wildman–Crippen MR) is 161 cm³/mol. The van der Waals surface area contributed by atoms with E-state index in [1.165, 1.54) is 5.69 Å². The fraction of sp³-hybridized carbons (Fsp3) is 0.211. The maximum atomic E-state index is 3.26. The van der Waals surface area contributed by atoms with Crippen molar-refractivity contribution in [2.75, 3.05) is 18.0 Å². The van der Waals surface area contributed by atoms with Crippen LogP contribution in [0.15, 0.2) is 101 Å². The zero-order valence-corrected chi connectivity index (χ0v) is 22.5. The molecule has 0 saturated heterocycles. The molecule has 0 aliphatic heterocycles. The fourth-order valence-electron chi connectivity index (χ4n) is 4.00. The highest BCUT2D eigenvalue weighted by atomic mass is 15.1. The molecular weight excluding hydrogens is 470 g/mol. The van der Waals surface area contributed by atoms with E-state index in [0.29, 0.717) is 0 Å². The standard InChI is InChI=1S/C38H29N/c1-3-5-29-39(30-6-4-2)38-28-27-36-25-14-13-23-34-21-10-8-18-32(34)17-7-9-19-33-20-11-12-22-35(33)24-15-16-26-37(36)31-38/h8,10-12,18,20-22,27-28,31H,3-6,29-30H2,1-2H3. The molecule has 186 valence electrons. The third-order valence-corrected chi connectivity index (χ3v) is 6.16. The van der Waals surface area contributed by atoms with Gasteiger partial charge in [0.05, 0.1) is 0 Å². The molecule has 0 atom stereocenters. The highest BCUT2D eigenvalue weighted by Crippen LogP contribution is 2.12. The van der Waals surface area contributed by atoms with Crippen LogP contribution in [0.1, 0.15) is 39.5 Å². The molecule has 0 heterocycles. The van der Waals surface area contributed by atoms with Gasteiger partial charge in [0.1, 0.15) is 0 Å². The highest BCUT2D eigenvalue weighted by Gasteiger charge is 2.05. The van der Waals surface area contributed by atoms with Gasteiger partial charge in [0.15, 0.2) is 0 Å². The summed E-state index contributed by atoms with van der Waals surface area (Å²) in [5.41, 5.74) is 38.2. The van der Waals surface area contributed by atoms with Gasteiger partial charge in [0.2, 0.25) is 0 Å². The summed E-state index contributed by atoms with van der Waals surface area (Å²) in [5, 5.41) is 5.00. The summed E-state index contributed by atoms with van der Waals surface area (Å²) in [4.78, 5) is 2.45. The molecule has 3 aromatic carbocycles. The van der Waals surface area contributed by atoms with E-state index in [4.69, 9.17) is 0 Å². The Kier molecular flexibility index (Phi) is 10.0. The summed E-state index contributed by atoms with van der Waals surface area (Å²) in [6, 6.07) is 21.9. The Balaban J connectivity index is 2.19. The third kappa shape index (κ3) is 7.90. The fourth-order valence-corrected chi connectivity index (χ4v) is 4.00. The van der Waals surface area contributed by atoms with Crippen molar-refractivity contribution in [2.24, 2.45) is 0 Å². The van der Waals surface area contributed by atoms with Gasteiger partial charge < -0.3 is 4.90 Å². The van der Waals surface area contributed by atoms with Gasteiger partial charge in [-0.1, -0.05) is 85.3 Å². The summed E-state index contributed by atoms with van der Waals surface area (Å²) in [7, 11) is 0. The average Bonchev–Trinajstić information content (AvgIpc) is 2.97. The largest absolute Gasteiger partial charge is 0.372 e. The van der Waals surface area contributed by atoms with Gasteiger partial charge in [-0.2, -0.15) is 0 Å². The van der Waals surface area contributed by atoms with Crippen LogP contribution in [0.2, 0.25) is 0 Å². The van der Waals surface area contributed by atoms with Crippen molar-refractivity contribution >= 4 is 40.1 Å². The van der Waals surface area contributed by atoms with E-state index in [9.17, 15) is 0 Å². The Bertz CT molecular complexity index is 2110. The van der Waals surface area contributed by atoms with Crippen LogP contribution >= 0.6 is 0 Å². The molecule has 1 nitrogen and oxygen atoms in total. The number of hydrogen-bond acceptors (Lipinski definition) is 1. The Morgan fingerprint density at radius 1 is 0.462 bits per heavy atom. The molecule has 1 aliphatic carbocycles. The van der Waals surface area contributed by atoms with Gasteiger partial charge in [0, 0.05) is 50.1 Å². The molecule has 0 bridgehead atoms. The molecule has 1 aliphatic rings. The Morgan fingerprint density at radius 2 is 0.821 bits per heavy atom. The summed E-state index contributed by atoms with van der Waals surface area (Å²) >= 11 is 0. The summed E-state index contributed by atoms with van der Waals surface area (Å²) in [6.07, 6.45) is 4.63. The number of benzene rings is 3.